The number of hydrogen-bond donors (Lipinski definition) is 1. The summed E-state index contributed by atoms with van der Waals surface area (Å²) >= 11 is 3.28. The van der Waals surface area contributed by atoms with Crippen molar-refractivity contribution < 1.29 is 13.2 Å². The van der Waals surface area contributed by atoms with E-state index in [1.807, 2.05) is 6.92 Å². The summed E-state index contributed by atoms with van der Waals surface area (Å²) in [7, 11) is -2.25. The van der Waals surface area contributed by atoms with Crippen LogP contribution in [-0.2, 0) is 14.8 Å². The summed E-state index contributed by atoms with van der Waals surface area (Å²) in [5.74, 6) is -0.285. The molecule has 8 heteroatoms. The minimum absolute atomic E-state index is 0.00520. The molecule has 0 aromatic heterocycles. The predicted molar refractivity (Wildman–Crippen MR) is 102 cm³/mol. The molecule has 0 spiro atoms. The molecule has 1 amide bonds. The number of benzene rings is 1. The van der Waals surface area contributed by atoms with Crippen LogP contribution in [0.5, 0.6) is 0 Å². The topological polar surface area (TPSA) is 69.7 Å². The van der Waals surface area contributed by atoms with Crippen LogP contribution in [0, 0.1) is 0 Å². The normalized spacial score (nSPS) is 17.4. The Morgan fingerprint density at radius 3 is 2.44 bits per heavy atom. The van der Waals surface area contributed by atoms with Gasteiger partial charge >= 0.3 is 0 Å². The van der Waals surface area contributed by atoms with Crippen molar-refractivity contribution in [1.82, 2.24) is 14.5 Å². The molecular weight excluding hydrogens is 406 g/mol. The second-order valence-electron chi connectivity index (χ2n) is 6.54. The third-order valence-electron chi connectivity index (χ3n) is 4.28. The number of nitrogens with zero attached hydrogens (tertiary/aromatic N) is 2. The van der Waals surface area contributed by atoms with E-state index in [4.69, 9.17) is 0 Å². The van der Waals surface area contributed by atoms with Crippen molar-refractivity contribution in [2.45, 2.75) is 37.1 Å². The zero-order chi connectivity index (χ0) is 18.4. The molecule has 1 N–H and O–H groups in total. The van der Waals surface area contributed by atoms with Crippen LogP contribution >= 0.6 is 15.9 Å². The number of rotatable bonds is 7. The molecule has 1 aromatic rings. The molecule has 1 aromatic carbocycles. The van der Waals surface area contributed by atoms with Crippen molar-refractivity contribution in [3.05, 3.63) is 28.7 Å². The standard InChI is InChI=1S/C17H26BrN3O3S/c1-14(12-21-10-4-3-5-11-21)19-17(22)13-20(2)25(23,24)16-8-6-15(18)7-9-16/h6-9,14H,3-5,10-13H2,1-2H3,(H,19,22). The van der Waals surface area contributed by atoms with Crippen molar-refractivity contribution in [2.24, 2.45) is 0 Å². The highest BCUT2D eigenvalue weighted by Crippen LogP contribution is 2.17. The smallest absolute Gasteiger partial charge is 0.243 e. The van der Waals surface area contributed by atoms with Crippen molar-refractivity contribution in [1.29, 1.82) is 0 Å². The van der Waals surface area contributed by atoms with E-state index in [2.05, 4.69) is 26.1 Å². The van der Waals surface area contributed by atoms with Crippen LogP contribution in [-0.4, -0.2) is 62.8 Å². The van der Waals surface area contributed by atoms with E-state index in [-0.39, 0.29) is 23.4 Å². The molecule has 2 rings (SSSR count). The number of carbonyl (C=O) groups is 1. The van der Waals surface area contributed by atoms with E-state index in [9.17, 15) is 13.2 Å². The molecule has 1 atom stereocenters. The molecule has 1 aliphatic heterocycles. The largest absolute Gasteiger partial charge is 0.351 e. The van der Waals surface area contributed by atoms with E-state index >= 15 is 0 Å². The summed E-state index contributed by atoms with van der Waals surface area (Å²) in [6.45, 7) is 4.70. The first-order valence-corrected chi connectivity index (χ1v) is 10.8. The Morgan fingerprint density at radius 2 is 1.84 bits per heavy atom. The Balaban J connectivity index is 1.87. The fourth-order valence-electron chi connectivity index (χ4n) is 2.97. The van der Waals surface area contributed by atoms with Gasteiger partial charge in [-0.2, -0.15) is 4.31 Å². The quantitative estimate of drug-likeness (QED) is 0.716. The van der Waals surface area contributed by atoms with Crippen molar-refractivity contribution in [2.75, 3.05) is 33.2 Å². The number of nitrogens with one attached hydrogen (secondary N) is 1. The number of carbonyl (C=O) groups excluding carboxylic acids is 1. The molecule has 1 fully saturated rings. The van der Waals surface area contributed by atoms with Gasteiger partial charge in [0.05, 0.1) is 11.4 Å². The monoisotopic (exact) mass is 431 g/mol. The average molecular weight is 432 g/mol. The summed E-state index contributed by atoms with van der Waals surface area (Å²) < 4.78 is 26.9. The molecular formula is C17H26BrN3O3S. The van der Waals surface area contributed by atoms with E-state index in [1.54, 1.807) is 12.1 Å². The highest BCUT2D eigenvalue weighted by Gasteiger charge is 2.23. The second-order valence-corrected chi connectivity index (χ2v) is 9.51. The Labute approximate surface area is 158 Å². The van der Waals surface area contributed by atoms with E-state index in [1.165, 1.54) is 38.4 Å². The minimum Gasteiger partial charge on any atom is -0.351 e. The Bertz CT molecular complexity index is 673. The van der Waals surface area contributed by atoms with Gasteiger partial charge < -0.3 is 10.2 Å². The molecule has 0 saturated carbocycles. The van der Waals surface area contributed by atoms with Gasteiger partial charge in [0.1, 0.15) is 0 Å². The highest BCUT2D eigenvalue weighted by molar-refractivity contribution is 9.10. The van der Waals surface area contributed by atoms with Crippen molar-refractivity contribution >= 4 is 31.9 Å². The number of halogens is 1. The van der Waals surface area contributed by atoms with Gasteiger partial charge in [0.15, 0.2) is 0 Å². The Morgan fingerprint density at radius 1 is 1.24 bits per heavy atom. The van der Waals surface area contributed by atoms with Gasteiger partial charge in [0.2, 0.25) is 15.9 Å². The van der Waals surface area contributed by atoms with Gasteiger partial charge in [0, 0.05) is 24.1 Å². The lowest BCUT2D eigenvalue weighted by Crippen LogP contribution is -2.47. The summed E-state index contributed by atoms with van der Waals surface area (Å²) in [5.41, 5.74) is 0. The predicted octanol–water partition coefficient (Wildman–Crippen LogP) is 2.06. The van der Waals surface area contributed by atoms with Crippen LogP contribution in [0.25, 0.3) is 0 Å². The molecule has 1 unspecified atom stereocenters. The van der Waals surface area contributed by atoms with E-state index in [0.29, 0.717) is 0 Å². The summed E-state index contributed by atoms with van der Waals surface area (Å²) in [6.07, 6.45) is 3.68. The van der Waals surface area contributed by atoms with Crippen LogP contribution in [0.1, 0.15) is 26.2 Å². The molecule has 140 valence electrons. The third kappa shape index (κ3) is 6.06. The van der Waals surface area contributed by atoms with Crippen LogP contribution in [0.3, 0.4) is 0 Å². The fraction of sp³-hybridized carbons (Fsp3) is 0.588. The number of hydrogen-bond acceptors (Lipinski definition) is 4. The Kier molecular flexibility index (Phi) is 7.42. The first-order chi connectivity index (χ1) is 11.8. The van der Waals surface area contributed by atoms with Gasteiger partial charge in [-0.3, -0.25) is 4.79 Å². The van der Waals surface area contributed by atoms with Gasteiger partial charge in [-0.25, -0.2) is 8.42 Å². The number of likely N-dealkylation sites (N-methyl/N-ethyl adjacent to an activating group) is 1. The van der Waals surface area contributed by atoms with Crippen molar-refractivity contribution in [3.63, 3.8) is 0 Å². The average Bonchev–Trinajstić information content (AvgIpc) is 2.55. The summed E-state index contributed by atoms with van der Waals surface area (Å²) in [5, 5.41) is 2.90. The molecule has 0 aliphatic carbocycles. The minimum atomic E-state index is -3.67. The number of piperidine rings is 1. The summed E-state index contributed by atoms with van der Waals surface area (Å²) in [4.78, 5) is 14.7. The molecule has 1 heterocycles. The highest BCUT2D eigenvalue weighted by atomic mass is 79.9. The maximum atomic E-state index is 12.5. The summed E-state index contributed by atoms with van der Waals surface area (Å²) in [6, 6.07) is 6.37. The van der Waals surface area contributed by atoms with Crippen LogP contribution in [0.2, 0.25) is 0 Å². The fourth-order valence-corrected chi connectivity index (χ4v) is 4.36. The third-order valence-corrected chi connectivity index (χ3v) is 6.62. The molecule has 1 aliphatic rings. The van der Waals surface area contributed by atoms with Crippen LogP contribution in [0.15, 0.2) is 33.6 Å². The SMILES string of the molecule is CC(CN1CCCCC1)NC(=O)CN(C)S(=O)(=O)c1ccc(Br)cc1. The molecule has 0 bridgehead atoms. The molecule has 6 nitrogen and oxygen atoms in total. The van der Waals surface area contributed by atoms with E-state index < -0.39 is 10.0 Å². The van der Waals surface area contributed by atoms with Crippen molar-refractivity contribution in [3.8, 4) is 0 Å². The lowest BCUT2D eigenvalue weighted by molar-refractivity contribution is -0.121. The Hall–Kier alpha value is -0.960. The maximum Gasteiger partial charge on any atom is 0.243 e. The molecule has 25 heavy (non-hydrogen) atoms. The maximum absolute atomic E-state index is 12.5. The van der Waals surface area contributed by atoms with Gasteiger partial charge in [-0.1, -0.05) is 22.4 Å². The van der Waals surface area contributed by atoms with Gasteiger partial charge in [-0.05, 0) is 57.1 Å². The van der Waals surface area contributed by atoms with Crippen LogP contribution in [0.4, 0.5) is 0 Å². The van der Waals surface area contributed by atoms with Crippen LogP contribution < -0.4 is 5.32 Å². The van der Waals surface area contributed by atoms with Gasteiger partial charge in [-0.15, -0.1) is 0 Å². The molecule has 1 saturated heterocycles. The molecule has 0 radical (unpaired) electrons. The van der Waals surface area contributed by atoms with E-state index in [0.717, 1.165) is 28.4 Å². The first-order valence-electron chi connectivity index (χ1n) is 8.52. The first kappa shape index (κ1) is 20.4. The van der Waals surface area contributed by atoms with Gasteiger partial charge in [0.25, 0.3) is 0 Å². The zero-order valence-corrected chi connectivity index (χ0v) is 17.1. The second kappa shape index (κ2) is 9.12. The number of likely N-dealkylation sites (tertiary alicyclic amines) is 1. The number of sulfonamides is 1. The zero-order valence-electron chi connectivity index (χ0n) is 14.7. The lowest BCUT2D eigenvalue weighted by Gasteiger charge is -2.29. The number of amides is 1. The lowest BCUT2D eigenvalue weighted by atomic mass is 10.1.